The van der Waals surface area contributed by atoms with E-state index in [1.54, 1.807) is 20.3 Å². The molecule has 35 heavy (non-hydrogen) atoms. The van der Waals surface area contributed by atoms with Crippen molar-refractivity contribution in [3.05, 3.63) is 59.7 Å². The first-order chi connectivity index (χ1) is 17.2. The molecule has 1 aromatic heterocycles. The van der Waals surface area contributed by atoms with Crippen molar-refractivity contribution in [1.82, 2.24) is 25.1 Å². The number of aromatic nitrogens is 4. The molecule has 2 aromatic carbocycles. The van der Waals surface area contributed by atoms with E-state index >= 15 is 0 Å². The van der Waals surface area contributed by atoms with Crippen molar-refractivity contribution in [1.29, 1.82) is 0 Å². The first-order valence-electron chi connectivity index (χ1n) is 12.0. The molecule has 5 rings (SSSR count). The maximum absolute atomic E-state index is 14.4. The van der Waals surface area contributed by atoms with Crippen LogP contribution < -0.4 is 14.4 Å². The van der Waals surface area contributed by atoms with Crippen LogP contribution in [0.5, 0.6) is 11.5 Å². The lowest BCUT2D eigenvalue weighted by Crippen LogP contribution is -2.48. The van der Waals surface area contributed by atoms with E-state index in [1.807, 2.05) is 35.0 Å². The van der Waals surface area contributed by atoms with Crippen molar-refractivity contribution in [2.24, 2.45) is 0 Å². The molecular weight excluding hydrogens is 451 g/mol. The quantitative estimate of drug-likeness (QED) is 0.485. The zero-order valence-corrected chi connectivity index (χ0v) is 20.1. The highest BCUT2D eigenvalue weighted by Gasteiger charge is 2.34. The van der Waals surface area contributed by atoms with Crippen molar-refractivity contribution in [3.8, 4) is 11.5 Å². The summed E-state index contributed by atoms with van der Waals surface area (Å²) in [6, 6.07) is 12.4. The molecule has 3 aromatic rings. The number of hydrogen-bond acceptors (Lipinski definition) is 8. The summed E-state index contributed by atoms with van der Waals surface area (Å²) in [6.45, 7) is 4.12. The molecule has 3 heterocycles. The number of para-hydroxylation sites is 1. The van der Waals surface area contributed by atoms with Crippen LogP contribution in [-0.4, -0.2) is 78.2 Å². The summed E-state index contributed by atoms with van der Waals surface area (Å²) in [6.07, 6.45) is 2.14. The van der Waals surface area contributed by atoms with Gasteiger partial charge in [0.25, 0.3) is 0 Å². The number of benzene rings is 2. The Morgan fingerprint density at radius 2 is 1.91 bits per heavy atom. The van der Waals surface area contributed by atoms with Gasteiger partial charge in [0, 0.05) is 38.3 Å². The number of hydrogen-bond donors (Lipinski definition) is 0. The van der Waals surface area contributed by atoms with Crippen LogP contribution in [0, 0.1) is 5.82 Å². The number of anilines is 1. The predicted octanol–water partition coefficient (Wildman–Crippen LogP) is 2.92. The smallest absolute Gasteiger partial charge is 0.173 e. The number of tetrazole rings is 1. The van der Waals surface area contributed by atoms with Gasteiger partial charge in [0.1, 0.15) is 23.4 Å². The van der Waals surface area contributed by atoms with Gasteiger partial charge >= 0.3 is 0 Å². The van der Waals surface area contributed by atoms with Gasteiger partial charge < -0.3 is 19.1 Å². The van der Waals surface area contributed by atoms with E-state index < -0.39 is 0 Å². The van der Waals surface area contributed by atoms with Gasteiger partial charge in [0.15, 0.2) is 5.82 Å². The van der Waals surface area contributed by atoms with E-state index in [2.05, 4.69) is 25.3 Å². The monoisotopic (exact) mass is 482 g/mol. The van der Waals surface area contributed by atoms with E-state index in [0.717, 1.165) is 42.3 Å². The van der Waals surface area contributed by atoms with Crippen LogP contribution in [0.4, 0.5) is 10.1 Å². The minimum atomic E-state index is -0.265. The summed E-state index contributed by atoms with van der Waals surface area (Å²) in [7, 11) is 3.31. The molecule has 0 spiro atoms. The van der Waals surface area contributed by atoms with Crippen LogP contribution in [-0.2, 0) is 11.3 Å². The number of halogens is 1. The standard InChI is InChI=1S/C25H31FN6O3/c1-33-18-9-10-23(34-2)20(16-18)24(25-27-28-29-32(25)17-19-6-5-15-35-19)31-13-11-30(12-14-31)22-8-4-3-7-21(22)26/h3-4,7-10,16,19,24H,5-6,11-15,17H2,1-2H3/t19-,24-/m0/s1. The third-order valence-electron chi connectivity index (χ3n) is 6.81. The highest BCUT2D eigenvalue weighted by atomic mass is 19.1. The molecule has 2 atom stereocenters. The Bertz CT molecular complexity index is 1130. The van der Waals surface area contributed by atoms with Crippen LogP contribution in [0.25, 0.3) is 0 Å². The molecule has 0 aliphatic carbocycles. The lowest BCUT2D eigenvalue weighted by molar-refractivity contribution is 0.0906. The maximum atomic E-state index is 14.4. The second kappa shape index (κ2) is 10.6. The first kappa shape index (κ1) is 23.5. The predicted molar refractivity (Wildman–Crippen MR) is 128 cm³/mol. The van der Waals surface area contributed by atoms with Gasteiger partial charge in [0.2, 0.25) is 0 Å². The lowest BCUT2D eigenvalue weighted by Gasteiger charge is -2.40. The molecule has 2 fully saturated rings. The van der Waals surface area contributed by atoms with Crippen molar-refractivity contribution in [3.63, 3.8) is 0 Å². The van der Waals surface area contributed by atoms with E-state index in [0.29, 0.717) is 38.4 Å². The van der Waals surface area contributed by atoms with Crippen LogP contribution in [0.2, 0.25) is 0 Å². The number of rotatable bonds is 8. The third-order valence-corrected chi connectivity index (χ3v) is 6.81. The fourth-order valence-corrected chi connectivity index (χ4v) is 5.00. The SMILES string of the molecule is COc1ccc(OC)c([C@@H](c2nnnn2C[C@@H]2CCCO2)N2CCN(c3ccccc3F)CC2)c1. The Labute approximate surface area is 204 Å². The zero-order valence-electron chi connectivity index (χ0n) is 20.1. The van der Waals surface area contributed by atoms with E-state index in [-0.39, 0.29) is 18.0 Å². The van der Waals surface area contributed by atoms with Gasteiger partial charge in [-0.3, -0.25) is 4.90 Å². The van der Waals surface area contributed by atoms with Gasteiger partial charge in [-0.25, -0.2) is 9.07 Å². The largest absolute Gasteiger partial charge is 0.497 e. The second-order valence-corrected chi connectivity index (χ2v) is 8.84. The lowest BCUT2D eigenvalue weighted by atomic mass is 10.0. The Kier molecular flexibility index (Phi) is 7.10. The molecule has 0 saturated carbocycles. The van der Waals surface area contributed by atoms with Gasteiger partial charge in [-0.2, -0.15) is 0 Å². The molecule has 2 aliphatic rings. The van der Waals surface area contributed by atoms with Crippen LogP contribution in [0.15, 0.2) is 42.5 Å². The van der Waals surface area contributed by atoms with E-state index in [4.69, 9.17) is 14.2 Å². The highest BCUT2D eigenvalue weighted by Crippen LogP contribution is 2.37. The second-order valence-electron chi connectivity index (χ2n) is 8.84. The van der Waals surface area contributed by atoms with Gasteiger partial charge in [0.05, 0.1) is 32.6 Å². The minimum absolute atomic E-state index is 0.100. The van der Waals surface area contributed by atoms with E-state index in [9.17, 15) is 4.39 Å². The third kappa shape index (κ3) is 4.94. The van der Waals surface area contributed by atoms with Gasteiger partial charge in [-0.1, -0.05) is 12.1 Å². The average Bonchev–Trinajstić information content (AvgIpc) is 3.58. The van der Waals surface area contributed by atoms with E-state index in [1.165, 1.54) is 6.07 Å². The molecule has 2 aliphatic heterocycles. The van der Waals surface area contributed by atoms with Gasteiger partial charge in [-0.05, 0) is 53.6 Å². The molecule has 10 heteroatoms. The summed E-state index contributed by atoms with van der Waals surface area (Å²) >= 11 is 0. The number of methoxy groups -OCH3 is 2. The summed E-state index contributed by atoms with van der Waals surface area (Å²) < 4.78 is 33.4. The van der Waals surface area contributed by atoms with Crippen LogP contribution in [0.1, 0.15) is 30.3 Å². The van der Waals surface area contributed by atoms with Crippen LogP contribution >= 0.6 is 0 Å². The Balaban J connectivity index is 1.47. The summed E-state index contributed by atoms with van der Waals surface area (Å²) in [5, 5.41) is 12.8. The van der Waals surface area contributed by atoms with Crippen molar-refractivity contribution in [2.75, 3.05) is 51.9 Å². The topological polar surface area (TPSA) is 77.8 Å². The molecule has 0 unspecified atom stereocenters. The Morgan fingerprint density at radius 3 is 2.63 bits per heavy atom. The molecule has 0 N–H and O–H groups in total. The summed E-state index contributed by atoms with van der Waals surface area (Å²) in [4.78, 5) is 4.41. The number of ether oxygens (including phenoxy) is 3. The molecule has 0 bridgehead atoms. The normalized spacial score (nSPS) is 19.6. The number of piperazine rings is 1. The van der Waals surface area contributed by atoms with Crippen molar-refractivity contribution >= 4 is 5.69 Å². The maximum Gasteiger partial charge on any atom is 0.173 e. The molecule has 9 nitrogen and oxygen atoms in total. The molecule has 0 amide bonds. The Morgan fingerprint density at radius 1 is 1.09 bits per heavy atom. The summed E-state index contributed by atoms with van der Waals surface area (Å²) in [5.74, 6) is 1.99. The molecule has 2 saturated heterocycles. The average molecular weight is 483 g/mol. The highest BCUT2D eigenvalue weighted by molar-refractivity contribution is 5.48. The number of nitrogens with zero attached hydrogens (tertiary/aromatic N) is 6. The first-order valence-corrected chi connectivity index (χ1v) is 12.0. The fraction of sp³-hybridized carbons (Fsp3) is 0.480. The zero-order chi connectivity index (χ0) is 24.2. The molecule has 186 valence electrons. The van der Waals surface area contributed by atoms with Crippen LogP contribution in [0.3, 0.4) is 0 Å². The van der Waals surface area contributed by atoms with Crippen molar-refractivity contribution in [2.45, 2.75) is 31.5 Å². The fourth-order valence-electron chi connectivity index (χ4n) is 5.00. The van der Waals surface area contributed by atoms with Gasteiger partial charge in [-0.15, -0.1) is 5.10 Å². The Hall–Kier alpha value is -3.24. The summed E-state index contributed by atoms with van der Waals surface area (Å²) in [5.41, 5.74) is 1.56. The molecule has 0 radical (unpaired) electrons. The minimum Gasteiger partial charge on any atom is -0.497 e. The van der Waals surface area contributed by atoms with Crippen molar-refractivity contribution < 1.29 is 18.6 Å². The molecular formula is C25H31FN6O3.